The molecule has 0 atom stereocenters. The van der Waals surface area contributed by atoms with Gasteiger partial charge < -0.3 is 19.4 Å². The van der Waals surface area contributed by atoms with Crippen LogP contribution in [0.15, 0.2) is 18.2 Å². The molecule has 1 saturated heterocycles. The molecule has 1 aromatic carbocycles. The molecule has 2 rings (SSSR count). The van der Waals surface area contributed by atoms with Crippen LogP contribution >= 0.6 is 0 Å². The molecule has 23 heavy (non-hydrogen) atoms. The summed E-state index contributed by atoms with van der Waals surface area (Å²) in [6.07, 6.45) is 0. The van der Waals surface area contributed by atoms with E-state index in [1.807, 2.05) is 6.07 Å². The number of carbonyl (C=O) groups is 1. The second kappa shape index (κ2) is 8.74. The largest absolute Gasteiger partial charge is 0.508 e. The number of rotatable bonds is 2. The number of hydroxylamine groups is 2. The topological polar surface area (TPSA) is 68.2 Å². The lowest BCUT2D eigenvalue weighted by molar-refractivity contribution is -0.202. The fraction of sp³-hybridized carbons (Fsp3) is 0.588. The Morgan fingerprint density at radius 2 is 1.87 bits per heavy atom. The highest BCUT2D eigenvalue weighted by atomic mass is 16.7. The standard InChI is InChI=1S/C11H16O2.C6H11NO3/c1-11(2,3)9-7-8(13-4)5-6-10(9)12;1-6(8)10-7-2-4-9-5-3-7/h5-7,12H,1-4H3;2-5H2,1H3. The lowest BCUT2D eigenvalue weighted by atomic mass is 9.86. The van der Waals surface area contributed by atoms with Crippen LogP contribution in [0.5, 0.6) is 11.5 Å². The first kappa shape index (κ1) is 19.3. The van der Waals surface area contributed by atoms with Gasteiger partial charge >= 0.3 is 5.97 Å². The monoisotopic (exact) mass is 325 g/mol. The summed E-state index contributed by atoms with van der Waals surface area (Å²) < 4.78 is 10.1. The second-order valence-corrected chi connectivity index (χ2v) is 6.26. The molecule has 0 aliphatic carbocycles. The third-order valence-corrected chi connectivity index (χ3v) is 3.24. The van der Waals surface area contributed by atoms with E-state index in [1.54, 1.807) is 24.3 Å². The molecular weight excluding hydrogens is 298 g/mol. The maximum atomic E-state index is 10.4. The molecule has 0 bridgehead atoms. The number of carbonyl (C=O) groups excluding carboxylic acids is 1. The van der Waals surface area contributed by atoms with E-state index in [1.165, 1.54) is 6.92 Å². The van der Waals surface area contributed by atoms with Crippen LogP contribution in [0.4, 0.5) is 0 Å². The Balaban J connectivity index is 0.000000238. The highest BCUT2D eigenvalue weighted by molar-refractivity contribution is 5.65. The van der Waals surface area contributed by atoms with E-state index in [4.69, 9.17) is 14.3 Å². The number of nitrogens with zero attached hydrogens (tertiary/aromatic N) is 1. The van der Waals surface area contributed by atoms with Gasteiger partial charge in [0.1, 0.15) is 11.5 Å². The average molecular weight is 325 g/mol. The van der Waals surface area contributed by atoms with Crippen LogP contribution in [0, 0.1) is 0 Å². The Morgan fingerprint density at radius 3 is 2.35 bits per heavy atom. The van der Waals surface area contributed by atoms with Gasteiger partial charge in [-0.25, -0.2) is 0 Å². The molecule has 6 heteroatoms. The molecule has 1 fully saturated rings. The zero-order chi connectivity index (χ0) is 17.5. The Kier molecular flexibility index (Phi) is 7.32. The summed E-state index contributed by atoms with van der Waals surface area (Å²) in [4.78, 5) is 15.2. The Labute approximate surface area is 137 Å². The van der Waals surface area contributed by atoms with Crippen molar-refractivity contribution in [3.63, 3.8) is 0 Å². The van der Waals surface area contributed by atoms with Gasteiger partial charge in [0.05, 0.1) is 33.4 Å². The van der Waals surface area contributed by atoms with Crippen molar-refractivity contribution < 1.29 is 24.2 Å². The summed E-state index contributed by atoms with van der Waals surface area (Å²) in [7, 11) is 1.62. The molecule has 0 unspecified atom stereocenters. The van der Waals surface area contributed by atoms with Crippen LogP contribution in [-0.2, 0) is 19.8 Å². The molecule has 1 aliphatic heterocycles. The Morgan fingerprint density at radius 1 is 1.26 bits per heavy atom. The first-order valence-corrected chi connectivity index (χ1v) is 7.62. The predicted octanol–water partition coefficient (Wildman–Crippen LogP) is 2.50. The second-order valence-electron chi connectivity index (χ2n) is 6.26. The van der Waals surface area contributed by atoms with Crippen LogP contribution in [0.25, 0.3) is 0 Å². The molecule has 0 spiro atoms. The van der Waals surface area contributed by atoms with Crippen molar-refractivity contribution in [3.05, 3.63) is 23.8 Å². The van der Waals surface area contributed by atoms with E-state index in [0.29, 0.717) is 32.1 Å². The molecule has 1 aliphatic rings. The lowest BCUT2D eigenvalue weighted by Crippen LogP contribution is -2.37. The zero-order valence-corrected chi connectivity index (χ0v) is 14.6. The van der Waals surface area contributed by atoms with Crippen LogP contribution < -0.4 is 4.74 Å². The molecular formula is C17H27NO5. The first-order valence-electron chi connectivity index (χ1n) is 7.62. The molecule has 0 saturated carbocycles. The van der Waals surface area contributed by atoms with Gasteiger partial charge in [-0.2, -0.15) is 0 Å². The summed E-state index contributed by atoms with van der Waals surface area (Å²) in [6, 6.07) is 5.29. The predicted molar refractivity (Wildman–Crippen MR) is 87.5 cm³/mol. The van der Waals surface area contributed by atoms with Crippen LogP contribution in [0.1, 0.15) is 33.3 Å². The van der Waals surface area contributed by atoms with Crippen LogP contribution in [0.2, 0.25) is 0 Å². The number of morpholine rings is 1. The molecule has 0 amide bonds. The van der Waals surface area contributed by atoms with Gasteiger partial charge in [0, 0.05) is 12.5 Å². The number of phenolic OH excluding ortho intramolecular Hbond substituents is 1. The molecule has 6 nitrogen and oxygen atoms in total. The number of aromatic hydroxyl groups is 1. The summed E-state index contributed by atoms with van der Waals surface area (Å²) in [5.41, 5.74) is 0.852. The SMILES string of the molecule is CC(=O)ON1CCOCC1.COc1ccc(O)c(C(C)(C)C)c1. The quantitative estimate of drug-likeness (QED) is 0.901. The van der Waals surface area contributed by atoms with E-state index in [0.717, 1.165) is 11.3 Å². The summed E-state index contributed by atoms with van der Waals surface area (Å²) >= 11 is 0. The highest BCUT2D eigenvalue weighted by Crippen LogP contribution is 2.33. The van der Waals surface area contributed by atoms with E-state index >= 15 is 0 Å². The van der Waals surface area contributed by atoms with Crippen molar-refractivity contribution in [3.8, 4) is 11.5 Å². The van der Waals surface area contributed by atoms with Crippen molar-refractivity contribution in [2.75, 3.05) is 33.4 Å². The molecule has 0 aromatic heterocycles. The Bertz CT molecular complexity index is 504. The number of methoxy groups -OCH3 is 1. The van der Waals surface area contributed by atoms with E-state index < -0.39 is 0 Å². The number of hydrogen-bond acceptors (Lipinski definition) is 6. The summed E-state index contributed by atoms with van der Waals surface area (Å²) in [6.45, 7) is 10.2. The van der Waals surface area contributed by atoms with Gasteiger partial charge in [-0.15, -0.1) is 5.06 Å². The average Bonchev–Trinajstić information content (AvgIpc) is 2.47. The molecule has 1 aromatic rings. The number of ether oxygens (including phenoxy) is 2. The van der Waals surface area contributed by atoms with Crippen LogP contribution in [0.3, 0.4) is 0 Å². The fourth-order valence-corrected chi connectivity index (χ4v) is 2.06. The van der Waals surface area contributed by atoms with E-state index in [9.17, 15) is 9.90 Å². The van der Waals surface area contributed by atoms with Gasteiger partial charge in [0.15, 0.2) is 0 Å². The zero-order valence-electron chi connectivity index (χ0n) is 14.6. The normalized spacial score (nSPS) is 15.3. The number of hydrogen-bond donors (Lipinski definition) is 1. The summed E-state index contributed by atoms with van der Waals surface area (Å²) in [5.74, 6) is 0.845. The van der Waals surface area contributed by atoms with E-state index in [2.05, 4.69) is 20.8 Å². The van der Waals surface area contributed by atoms with Gasteiger partial charge in [-0.3, -0.25) is 4.79 Å². The molecule has 1 heterocycles. The molecule has 130 valence electrons. The van der Waals surface area contributed by atoms with Crippen molar-refractivity contribution in [1.29, 1.82) is 0 Å². The fourth-order valence-electron chi connectivity index (χ4n) is 2.06. The number of benzene rings is 1. The van der Waals surface area contributed by atoms with Crippen molar-refractivity contribution in [1.82, 2.24) is 5.06 Å². The van der Waals surface area contributed by atoms with Gasteiger partial charge in [0.25, 0.3) is 0 Å². The minimum Gasteiger partial charge on any atom is -0.508 e. The van der Waals surface area contributed by atoms with E-state index in [-0.39, 0.29) is 11.4 Å². The van der Waals surface area contributed by atoms with Crippen LogP contribution in [-0.4, -0.2) is 49.6 Å². The lowest BCUT2D eigenvalue weighted by Gasteiger charge is -2.24. The third-order valence-electron chi connectivity index (χ3n) is 3.24. The molecule has 1 N–H and O–H groups in total. The first-order chi connectivity index (χ1) is 10.7. The number of phenols is 1. The van der Waals surface area contributed by atoms with Crippen molar-refractivity contribution >= 4 is 5.97 Å². The smallest absolute Gasteiger partial charge is 0.322 e. The van der Waals surface area contributed by atoms with Gasteiger partial charge in [0.2, 0.25) is 0 Å². The summed E-state index contributed by atoms with van der Waals surface area (Å²) in [5, 5.41) is 11.2. The highest BCUT2D eigenvalue weighted by Gasteiger charge is 2.18. The van der Waals surface area contributed by atoms with Gasteiger partial charge in [-0.1, -0.05) is 20.8 Å². The van der Waals surface area contributed by atoms with Crippen molar-refractivity contribution in [2.45, 2.75) is 33.1 Å². The van der Waals surface area contributed by atoms with Crippen molar-refractivity contribution in [2.24, 2.45) is 0 Å². The van der Waals surface area contributed by atoms with Gasteiger partial charge in [-0.05, 0) is 23.6 Å². The minimum absolute atomic E-state index is 0.0569. The minimum atomic E-state index is -0.262. The third kappa shape index (κ3) is 6.88. The maximum Gasteiger partial charge on any atom is 0.322 e. The Hall–Kier alpha value is -1.79. The molecule has 0 radical (unpaired) electrons. The maximum absolute atomic E-state index is 10.4.